The molecular weight excluding hydrogens is 224 g/mol. The molecule has 1 aromatic carbocycles. The summed E-state index contributed by atoms with van der Waals surface area (Å²) >= 11 is 0. The molecule has 0 spiro atoms. The van der Waals surface area contributed by atoms with Gasteiger partial charge in [0.25, 0.3) is 0 Å². The Hall–Kier alpha value is -1.06. The van der Waals surface area contributed by atoms with E-state index in [-0.39, 0.29) is 0 Å². The van der Waals surface area contributed by atoms with E-state index in [2.05, 4.69) is 23.1 Å². The van der Waals surface area contributed by atoms with Crippen LogP contribution in [0.5, 0.6) is 0 Å². The van der Waals surface area contributed by atoms with Gasteiger partial charge in [-0.25, -0.2) is 0 Å². The monoisotopic (exact) mass is 246 g/mol. The third-order valence-corrected chi connectivity index (χ3v) is 4.20. The second-order valence-electron chi connectivity index (χ2n) is 5.42. The molecule has 2 heterocycles. The summed E-state index contributed by atoms with van der Waals surface area (Å²) in [5.74, 6) is 0.797. The van der Waals surface area contributed by atoms with E-state index in [1.807, 2.05) is 0 Å². The van der Waals surface area contributed by atoms with E-state index in [9.17, 15) is 0 Å². The zero-order chi connectivity index (χ0) is 12.4. The second-order valence-corrected chi connectivity index (χ2v) is 5.42. The van der Waals surface area contributed by atoms with Gasteiger partial charge >= 0.3 is 0 Å². The van der Waals surface area contributed by atoms with Gasteiger partial charge in [0.05, 0.1) is 0 Å². The molecule has 3 nitrogen and oxygen atoms in total. The Morgan fingerprint density at radius 3 is 2.89 bits per heavy atom. The molecule has 1 fully saturated rings. The summed E-state index contributed by atoms with van der Waals surface area (Å²) in [6, 6.07) is 6.69. The van der Waals surface area contributed by atoms with Crippen molar-refractivity contribution in [1.29, 1.82) is 0 Å². The maximum atomic E-state index is 5.74. The standard InChI is InChI=1S/C15H22N2O/c16-10-13-1-2-14-3-6-17(15(14)9-13)11-12-4-7-18-8-5-12/h1-2,9,12H,3-8,10-11,16H2. The van der Waals surface area contributed by atoms with E-state index in [4.69, 9.17) is 10.5 Å². The van der Waals surface area contributed by atoms with Crippen LogP contribution in [0.2, 0.25) is 0 Å². The Labute approximate surface area is 109 Å². The highest BCUT2D eigenvalue weighted by molar-refractivity contribution is 5.59. The molecule has 0 saturated carbocycles. The smallest absolute Gasteiger partial charge is 0.0469 e. The van der Waals surface area contributed by atoms with Crippen molar-refractivity contribution in [2.24, 2.45) is 11.7 Å². The molecular formula is C15H22N2O. The molecule has 3 rings (SSSR count). The number of fused-ring (bicyclic) bond motifs is 1. The first-order chi connectivity index (χ1) is 8.86. The van der Waals surface area contributed by atoms with Crippen LogP contribution in [0.4, 0.5) is 5.69 Å². The molecule has 0 amide bonds. The van der Waals surface area contributed by atoms with Gasteiger partial charge in [-0.05, 0) is 42.4 Å². The van der Waals surface area contributed by atoms with Crippen molar-refractivity contribution in [2.45, 2.75) is 25.8 Å². The predicted octanol–water partition coefficient (Wildman–Crippen LogP) is 1.93. The fraction of sp³-hybridized carbons (Fsp3) is 0.600. The van der Waals surface area contributed by atoms with Gasteiger partial charge in [-0.1, -0.05) is 12.1 Å². The summed E-state index contributed by atoms with van der Waals surface area (Å²) in [5.41, 5.74) is 9.89. The molecule has 0 radical (unpaired) electrons. The Balaban J connectivity index is 1.72. The van der Waals surface area contributed by atoms with Gasteiger partial charge < -0.3 is 15.4 Å². The molecule has 2 aliphatic rings. The second kappa shape index (κ2) is 5.29. The third kappa shape index (κ3) is 2.38. The molecule has 0 aromatic heterocycles. The van der Waals surface area contributed by atoms with Gasteiger partial charge in [-0.15, -0.1) is 0 Å². The average Bonchev–Trinajstić information content (AvgIpc) is 2.82. The maximum absolute atomic E-state index is 5.74. The van der Waals surface area contributed by atoms with Crippen molar-refractivity contribution < 1.29 is 4.74 Å². The highest BCUT2D eigenvalue weighted by Crippen LogP contribution is 2.31. The normalized spacial score (nSPS) is 20.2. The van der Waals surface area contributed by atoms with Crippen LogP contribution < -0.4 is 10.6 Å². The van der Waals surface area contributed by atoms with E-state index in [0.29, 0.717) is 6.54 Å². The SMILES string of the molecule is NCc1ccc2c(c1)N(CC1CCOCC1)CC2. The van der Waals surface area contributed by atoms with Crippen LogP contribution in [-0.2, 0) is 17.7 Å². The number of anilines is 1. The Morgan fingerprint density at radius 2 is 2.11 bits per heavy atom. The quantitative estimate of drug-likeness (QED) is 0.885. The zero-order valence-corrected chi connectivity index (χ0v) is 10.9. The molecule has 0 aliphatic carbocycles. The van der Waals surface area contributed by atoms with E-state index < -0.39 is 0 Å². The first-order valence-corrected chi connectivity index (χ1v) is 7.01. The van der Waals surface area contributed by atoms with Crippen molar-refractivity contribution in [3.8, 4) is 0 Å². The number of nitrogens with two attached hydrogens (primary N) is 1. The molecule has 2 N–H and O–H groups in total. The number of hydrogen-bond acceptors (Lipinski definition) is 3. The van der Waals surface area contributed by atoms with Crippen LogP contribution in [-0.4, -0.2) is 26.3 Å². The van der Waals surface area contributed by atoms with Gasteiger partial charge in [-0.2, -0.15) is 0 Å². The van der Waals surface area contributed by atoms with Crippen molar-refractivity contribution in [3.63, 3.8) is 0 Å². The van der Waals surface area contributed by atoms with Gasteiger partial charge in [0, 0.05) is 38.5 Å². The predicted molar refractivity (Wildman–Crippen MR) is 73.8 cm³/mol. The van der Waals surface area contributed by atoms with E-state index >= 15 is 0 Å². The number of hydrogen-bond donors (Lipinski definition) is 1. The Bertz CT molecular complexity index is 413. The summed E-state index contributed by atoms with van der Waals surface area (Å²) in [4.78, 5) is 2.55. The summed E-state index contributed by atoms with van der Waals surface area (Å²) < 4.78 is 5.44. The minimum atomic E-state index is 0.637. The maximum Gasteiger partial charge on any atom is 0.0469 e. The summed E-state index contributed by atoms with van der Waals surface area (Å²) in [7, 11) is 0. The molecule has 0 bridgehead atoms. The van der Waals surface area contributed by atoms with Gasteiger partial charge in [0.15, 0.2) is 0 Å². The lowest BCUT2D eigenvalue weighted by molar-refractivity contribution is 0.0683. The van der Waals surface area contributed by atoms with Crippen LogP contribution in [0.1, 0.15) is 24.0 Å². The highest BCUT2D eigenvalue weighted by Gasteiger charge is 2.23. The van der Waals surface area contributed by atoms with E-state index in [1.165, 1.54) is 49.2 Å². The van der Waals surface area contributed by atoms with Crippen molar-refractivity contribution in [1.82, 2.24) is 0 Å². The van der Waals surface area contributed by atoms with Crippen LogP contribution in [0.3, 0.4) is 0 Å². The molecule has 1 aromatic rings. The molecule has 18 heavy (non-hydrogen) atoms. The molecule has 2 aliphatic heterocycles. The average molecular weight is 246 g/mol. The van der Waals surface area contributed by atoms with Crippen LogP contribution in [0, 0.1) is 5.92 Å². The minimum absolute atomic E-state index is 0.637. The first-order valence-electron chi connectivity index (χ1n) is 7.01. The summed E-state index contributed by atoms with van der Waals surface area (Å²) in [6.07, 6.45) is 3.61. The Morgan fingerprint density at radius 1 is 1.28 bits per heavy atom. The lowest BCUT2D eigenvalue weighted by Gasteiger charge is -2.28. The molecule has 3 heteroatoms. The van der Waals surface area contributed by atoms with Crippen molar-refractivity contribution in [2.75, 3.05) is 31.2 Å². The molecule has 0 unspecified atom stereocenters. The molecule has 0 atom stereocenters. The van der Waals surface area contributed by atoms with Crippen molar-refractivity contribution >= 4 is 5.69 Å². The van der Waals surface area contributed by atoms with Crippen LogP contribution >= 0.6 is 0 Å². The topological polar surface area (TPSA) is 38.5 Å². The van der Waals surface area contributed by atoms with Gasteiger partial charge in [0.1, 0.15) is 0 Å². The number of benzene rings is 1. The molecule has 1 saturated heterocycles. The van der Waals surface area contributed by atoms with E-state index in [0.717, 1.165) is 19.1 Å². The number of ether oxygens (including phenoxy) is 1. The minimum Gasteiger partial charge on any atom is -0.381 e. The van der Waals surface area contributed by atoms with Crippen molar-refractivity contribution in [3.05, 3.63) is 29.3 Å². The number of nitrogens with zero attached hydrogens (tertiary/aromatic N) is 1. The summed E-state index contributed by atoms with van der Waals surface area (Å²) in [6.45, 7) is 4.87. The first kappa shape index (κ1) is 12.0. The zero-order valence-electron chi connectivity index (χ0n) is 10.9. The fourth-order valence-corrected chi connectivity index (χ4v) is 3.05. The van der Waals surface area contributed by atoms with Gasteiger partial charge in [-0.3, -0.25) is 0 Å². The third-order valence-electron chi connectivity index (χ3n) is 4.20. The van der Waals surface area contributed by atoms with Gasteiger partial charge in [0.2, 0.25) is 0 Å². The van der Waals surface area contributed by atoms with Crippen LogP contribution in [0.25, 0.3) is 0 Å². The van der Waals surface area contributed by atoms with E-state index in [1.54, 1.807) is 0 Å². The highest BCUT2D eigenvalue weighted by atomic mass is 16.5. The molecule has 98 valence electrons. The summed E-state index contributed by atoms with van der Waals surface area (Å²) in [5, 5.41) is 0. The fourth-order valence-electron chi connectivity index (χ4n) is 3.05. The van der Waals surface area contributed by atoms with Crippen LogP contribution in [0.15, 0.2) is 18.2 Å². The largest absolute Gasteiger partial charge is 0.381 e. The lowest BCUT2D eigenvalue weighted by atomic mass is 9.99. The lowest BCUT2D eigenvalue weighted by Crippen LogP contribution is -2.31. The Kier molecular flexibility index (Phi) is 3.52. The number of rotatable bonds is 3.